The topological polar surface area (TPSA) is 71.1 Å². The van der Waals surface area contributed by atoms with Gasteiger partial charge in [0.05, 0.1) is 13.2 Å². The Labute approximate surface area is 120 Å². The second-order valence-corrected chi connectivity index (χ2v) is 4.55. The van der Waals surface area contributed by atoms with Crippen LogP contribution in [0.4, 0.5) is 9.59 Å². The first-order chi connectivity index (χ1) is 9.51. The van der Waals surface area contributed by atoms with Crippen LogP contribution in [0.25, 0.3) is 0 Å². The van der Waals surface area contributed by atoms with E-state index in [0.29, 0.717) is 13.2 Å². The smallest absolute Gasteiger partial charge is 0.434 e. The number of rotatable bonds is 9. The van der Waals surface area contributed by atoms with Crippen molar-refractivity contribution in [2.45, 2.75) is 65.6 Å². The fourth-order valence-corrected chi connectivity index (χ4v) is 1.16. The van der Waals surface area contributed by atoms with Crippen LogP contribution in [0.15, 0.2) is 0 Å². The van der Waals surface area contributed by atoms with Crippen molar-refractivity contribution in [2.75, 3.05) is 13.2 Å². The third-order valence-electron chi connectivity index (χ3n) is 2.66. The zero-order valence-electron chi connectivity index (χ0n) is 12.8. The zero-order chi connectivity index (χ0) is 15.4. The molecule has 0 aliphatic rings. The maximum atomic E-state index is 11.3. The van der Waals surface area contributed by atoms with Crippen LogP contribution in [-0.2, 0) is 18.9 Å². The van der Waals surface area contributed by atoms with Crippen molar-refractivity contribution >= 4 is 12.3 Å². The predicted octanol–water partition coefficient (Wildman–Crippen LogP) is 3.67. The molecule has 0 amide bonds. The van der Waals surface area contributed by atoms with Gasteiger partial charge in [-0.2, -0.15) is 0 Å². The molecule has 0 spiro atoms. The van der Waals surface area contributed by atoms with Crippen molar-refractivity contribution in [1.82, 2.24) is 0 Å². The number of carbonyl (C=O) groups is 2. The first-order valence-electron chi connectivity index (χ1n) is 7.18. The Balaban J connectivity index is 3.86. The summed E-state index contributed by atoms with van der Waals surface area (Å²) in [6.07, 6.45) is 0.767. The fourth-order valence-electron chi connectivity index (χ4n) is 1.16. The van der Waals surface area contributed by atoms with E-state index in [1.807, 2.05) is 13.8 Å². The molecule has 2 atom stereocenters. The highest BCUT2D eigenvalue weighted by atomic mass is 16.8. The van der Waals surface area contributed by atoms with Gasteiger partial charge in [-0.1, -0.05) is 26.7 Å². The minimum absolute atomic E-state index is 0.330. The molecule has 0 aromatic rings. The molecule has 6 nitrogen and oxygen atoms in total. The first kappa shape index (κ1) is 18.5. The molecule has 0 fully saturated rings. The monoisotopic (exact) mass is 290 g/mol. The van der Waals surface area contributed by atoms with Gasteiger partial charge >= 0.3 is 12.3 Å². The number of ether oxygens (including phenoxy) is 4. The molecule has 6 heteroatoms. The van der Waals surface area contributed by atoms with E-state index in [9.17, 15) is 9.59 Å². The van der Waals surface area contributed by atoms with Gasteiger partial charge in [-0.3, -0.25) is 0 Å². The molecule has 0 radical (unpaired) electrons. The summed E-state index contributed by atoms with van der Waals surface area (Å²) in [6.45, 7) is 7.91. The third kappa shape index (κ3) is 9.47. The van der Waals surface area contributed by atoms with Gasteiger partial charge < -0.3 is 18.9 Å². The summed E-state index contributed by atoms with van der Waals surface area (Å²) >= 11 is 0. The minimum atomic E-state index is -0.749. The number of hydrogen-bond acceptors (Lipinski definition) is 6. The van der Waals surface area contributed by atoms with Gasteiger partial charge in [0.2, 0.25) is 0 Å². The van der Waals surface area contributed by atoms with Crippen molar-refractivity contribution in [3.63, 3.8) is 0 Å². The number of unbranched alkanes of at least 4 members (excludes halogenated alkanes) is 2. The van der Waals surface area contributed by atoms with Crippen molar-refractivity contribution in [2.24, 2.45) is 0 Å². The molecule has 118 valence electrons. The standard InChI is InChI=1S/C14H26O6/c1-5-7-9-17-13(15)19-11(3)12(4)20-14(16)18-10-8-6-2/h11-12H,5-10H2,1-4H3. The minimum Gasteiger partial charge on any atom is -0.434 e. The molecule has 0 heterocycles. The van der Waals surface area contributed by atoms with Crippen LogP contribution in [0.5, 0.6) is 0 Å². The summed E-state index contributed by atoms with van der Waals surface area (Å²) in [5.41, 5.74) is 0. The van der Waals surface area contributed by atoms with E-state index in [2.05, 4.69) is 0 Å². The van der Waals surface area contributed by atoms with Gasteiger partial charge in [-0.05, 0) is 26.7 Å². The largest absolute Gasteiger partial charge is 0.508 e. The first-order valence-corrected chi connectivity index (χ1v) is 7.18. The van der Waals surface area contributed by atoms with Crippen LogP contribution >= 0.6 is 0 Å². The Kier molecular flexibility index (Phi) is 10.5. The molecule has 2 unspecified atom stereocenters. The van der Waals surface area contributed by atoms with E-state index < -0.39 is 24.5 Å². The summed E-state index contributed by atoms with van der Waals surface area (Å²) in [5, 5.41) is 0. The SMILES string of the molecule is CCCCOC(=O)OC(C)C(C)OC(=O)OCCCC. The average molecular weight is 290 g/mol. The lowest BCUT2D eigenvalue weighted by Crippen LogP contribution is -2.31. The Morgan fingerprint density at radius 1 is 0.800 bits per heavy atom. The van der Waals surface area contributed by atoms with E-state index in [1.54, 1.807) is 13.8 Å². The Bertz CT molecular complexity index is 251. The van der Waals surface area contributed by atoms with Gasteiger partial charge in [0.15, 0.2) is 0 Å². The highest BCUT2D eigenvalue weighted by Gasteiger charge is 2.21. The quantitative estimate of drug-likeness (QED) is 0.476. The van der Waals surface area contributed by atoms with Gasteiger partial charge in [-0.15, -0.1) is 0 Å². The lowest BCUT2D eigenvalue weighted by molar-refractivity contribution is -0.0435. The molecule has 0 bridgehead atoms. The van der Waals surface area contributed by atoms with Gasteiger partial charge in [0.1, 0.15) is 12.2 Å². The summed E-state index contributed by atoms with van der Waals surface area (Å²) < 4.78 is 19.7. The normalized spacial score (nSPS) is 13.2. The maximum Gasteiger partial charge on any atom is 0.508 e. The van der Waals surface area contributed by atoms with Gasteiger partial charge in [-0.25, -0.2) is 9.59 Å². The Hall–Kier alpha value is -1.46. The van der Waals surface area contributed by atoms with E-state index in [-0.39, 0.29) is 0 Å². The van der Waals surface area contributed by atoms with Crippen molar-refractivity contribution in [3.8, 4) is 0 Å². The van der Waals surface area contributed by atoms with E-state index >= 15 is 0 Å². The lowest BCUT2D eigenvalue weighted by Gasteiger charge is -2.20. The second-order valence-electron chi connectivity index (χ2n) is 4.55. The zero-order valence-corrected chi connectivity index (χ0v) is 12.8. The molecule has 20 heavy (non-hydrogen) atoms. The highest BCUT2D eigenvalue weighted by Crippen LogP contribution is 2.07. The molecular formula is C14H26O6. The second kappa shape index (κ2) is 11.4. The summed E-state index contributed by atoms with van der Waals surface area (Å²) in [7, 11) is 0. The molecule has 0 aliphatic carbocycles. The van der Waals surface area contributed by atoms with E-state index in [0.717, 1.165) is 25.7 Å². The Morgan fingerprint density at radius 2 is 1.15 bits per heavy atom. The van der Waals surface area contributed by atoms with Crippen LogP contribution in [0, 0.1) is 0 Å². The van der Waals surface area contributed by atoms with Crippen LogP contribution in [-0.4, -0.2) is 37.7 Å². The van der Waals surface area contributed by atoms with E-state index in [1.165, 1.54) is 0 Å². The van der Waals surface area contributed by atoms with E-state index in [4.69, 9.17) is 18.9 Å². The van der Waals surface area contributed by atoms with Crippen LogP contribution in [0.2, 0.25) is 0 Å². The molecule has 0 saturated carbocycles. The molecule has 0 aromatic carbocycles. The number of hydrogen-bond donors (Lipinski definition) is 0. The molecule has 0 saturated heterocycles. The van der Waals surface area contributed by atoms with Crippen LogP contribution in [0.1, 0.15) is 53.4 Å². The predicted molar refractivity (Wildman–Crippen MR) is 73.6 cm³/mol. The van der Waals surface area contributed by atoms with Crippen molar-refractivity contribution < 1.29 is 28.5 Å². The van der Waals surface area contributed by atoms with Crippen molar-refractivity contribution in [1.29, 1.82) is 0 Å². The number of carbonyl (C=O) groups excluding carboxylic acids is 2. The van der Waals surface area contributed by atoms with Gasteiger partial charge in [0.25, 0.3) is 0 Å². The summed E-state index contributed by atoms with van der Waals surface area (Å²) in [4.78, 5) is 22.6. The van der Waals surface area contributed by atoms with Crippen LogP contribution in [0.3, 0.4) is 0 Å². The summed E-state index contributed by atoms with van der Waals surface area (Å²) in [6, 6.07) is 0. The average Bonchev–Trinajstić information content (AvgIpc) is 2.39. The fraction of sp³-hybridized carbons (Fsp3) is 0.857. The summed E-state index contributed by atoms with van der Waals surface area (Å²) in [5.74, 6) is 0. The lowest BCUT2D eigenvalue weighted by atomic mass is 10.2. The molecule has 0 aliphatic heterocycles. The maximum absolute atomic E-state index is 11.3. The van der Waals surface area contributed by atoms with Crippen LogP contribution < -0.4 is 0 Å². The molecule has 0 N–H and O–H groups in total. The van der Waals surface area contributed by atoms with Gasteiger partial charge in [0, 0.05) is 0 Å². The Morgan fingerprint density at radius 3 is 1.45 bits per heavy atom. The molecular weight excluding hydrogens is 264 g/mol. The van der Waals surface area contributed by atoms with Crippen molar-refractivity contribution in [3.05, 3.63) is 0 Å². The molecule has 0 rings (SSSR count). The highest BCUT2D eigenvalue weighted by molar-refractivity contribution is 5.61. The third-order valence-corrected chi connectivity index (χ3v) is 2.66. The molecule has 0 aromatic heterocycles.